The lowest BCUT2D eigenvalue weighted by atomic mass is 10.2. The maximum absolute atomic E-state index is 5.53. The minimum absolute atomic E-state index is 0.642. The topological polar surface area (TPSA) is 43.0 Å². The van der Waals surface area contributed by atoms with Crippen LogP contribution in [-0.4, -0.2) is 9.78 Å². The third kappa shape index (κ3) is 3.77. The second-order valence-electron chi connectivity index (χ2n) is 4.59. The van der Waals surface area contributed by atoms with Crippen molar-refractivity contribution in [1.29, 1.82) is 0 Å². The van der Waals surface area contributed by atoms with Crippen LogP contribution in [0.2, 0.25) is 0 Å². The van der Waals surface area contributed by atoms with Crippen molar-refractivity contribution < 1.29 is 4.42 Å². The van der Waals surface area contributed by atoms with Crippen LogP contribution in [0, 0.1) is 0 Å². The van der Waals surface area contributed by atoms with Crippen LogP contribution in [0.15, 0.2) is 62.4 Å². The van der Waals surface area contributed by atoms with Crippen LogP contribution in [0.4, 0.5) is 5.69 Å². The molecule has 0 atom stereocenters. The van der Waals surface area contributed by atoms with Gasteiger partial charge in [0.2, 0.25) is 0 Å². The van der Waals surface area contributed by atoms with E-state index >= 15 is 0 Å². The van der Waals surface area contributed by atoms with Gasteiger partial charge in [0.25, 0.3) is 0 Å². The Bertz CT molecular complexity index is 686. The van der Waals surface area contributed by atoms with Gasteiger partial charge in [0.1, 0.15) is 5.76 Å². The lowest BCUT2D eigenvalue weighted by molar-refractivity contribution is 0.494. The second-order valence-corrected chi connectivity index (χ2v) is 6.16. The molecule has 108 valence electrons. The van der Waals surface area contributed by atoms with E-state index in [0.717, 1.165) is 22.5 Å². The third-order valence-electron chi connectivity index (χ3n) is 3.02. The summed E-state index contributed by atoms with van der Waals surface area (Å²) >= 11 is 6.73. The molecule has 0 radical (unpaired) electrons. The molecule has 0 aliphatic carbocycles. The van der Waals surface area contributed by atoms with Gasteiger partial charge in [-0.05, 0) is 61.7 Å². The van der Waals surface area contributed by atoms with Crippen molar-refractivity contribution in [2.24, 2.45) is 0 Å². The summed E-state index contributed by atoms with van der Waals surface area (Å²) in [5, 5.41) is 7.53. The molecule has 0 unspecified atom stereocenters. The highest BCUT2D eigenvalue weighted by Gasteiger charge is 2.05. The highest BCUT2D eigenvalue weighted by atomic mass is 79.9. The first-order valence-corrected chi connectivity index (χ1v) is 8.03. The van der Waals surface area contributed by atoms with Crippen molar-refractivity contribution in [3.63, 3.8) is 0 Å². The minimum atomic E-state index is 0.642. The fourth-order valence-electron chi connectivity index (χ4n) is 1.98. The molecule has 0 spiro atoms. The molecule has 0 fully saturated rings. The van der Waals surface area contributed by atoms with Gasteiger partial charge in [-0.25, -0.2) is 0 Å². The smallest absolute Gasteiger partial charge is 0.183 e. The molecule has 0 bridgehead atoms. The number of benzene rings is 1. The highest BCUT2D eigenvalue weighted by molar-refractivity contribution is 9.13. The number of furan rings is 1. The van der Waals surface area contributed by atoms with Crippen LogP contribution in [0.3, 0.4) is 0 Å². The summed E-state index contributed by atoms with van der Waals surface area (Å²) in [6.45, 7) is 1.42. The third-order valence-corrected chi connectivity index (χ3v) is 4.73. The minimum Gasteiger partial charge on any atom is -0.451 e. The van der Waals surface area contributed by atoms with E-state index in [1.165, 1.54) is 5.56 Å². The molecule has 6 heteroatoms. The van der Waals surface area contributed by atoms with Crippen LogP contribution in [0.25, 0.3) is 0 Å². The molecule has 1 aromatic carbocycles. The van der Waals surface area contributed by atoms with E-state index in [9.17, 15) is 0 Å². The molecular weight excluding hydrogens is 398 g/mol. The van der Waals surface area contributed by atoms with E-state index in [1.807, 2.05) is 23.0 Å². The zero-order chi connectivity index (χ0) is 14.7. The van der Waals surface area contributed by atoms with Gasteiger partial charge in [-0.15, -0.1) is 0 Å². The summed E-state index contributed by atoms with van der Waals surface area (Å²) in [5.74, 6) is 0.870. The second kappa shape index (κ2) is 6.49. The first kappa shape index (κ1) is 14.4. The first-order chi connectivity index (χ1) is 10.2. The number of hydrogen-bond donors (Lipinski definition) is 1. The molecule has 0 aliphatic rings. The van der Waals surface area contributed by atoms with E-state index in [4.69, 9.17) is 4.42 Å². The SMILES string of the molecule is Brc1cc(CNc2ccc(Cn3cccn3)cc2)oc1Br. The Morgan fingerprint density at radius 2 is 2.00 bits per heavy atom. The standard InChI is InChI=1S/C15H13Br2N3O/c16-14-8-13(21-15(14)17)9-18-12-4-2-11(3-5-12)10-20-7-1-6-19-20/h1-8,18H,9-10H2. The summed E-state index contributed by atoms with van der Waals surface area (Å²) in [6.07, 6.45) is 3.74. The molecule has 0 amide bonds. The Balaban J connectivity index is 1.59. The zero-order valence-corrected chi connectivity index (χ0v) is 14.3. The van der Waals surface area contributed by atoms with E-state index in [0.29, 0.717) is 11.2 Å². The van der Waals surface area contributed by atoms with E-state index in [2.05, 4.69) is 66.5 Å². The van der Waals surface area contributed by atoms with Crippen molar-refractivity contribution in [3.05, 3.63) is 69.3 Å². The lowest BCUT2D eigenvalue weighted by Crippen LogP contribution is -2.01. The normalized spacial score (nSPS) is 10.8. The molecule has 0 aliphatic heterocycles. The molecule has 0 saturated carbocycles. The molecule has 4 nitrogen and oxygen atoms in total. The van der Waals surface area contributed by atoms with Gasteiger partial charge in [-0.1, -0.05) is 12.1 Å². The average molecular weight is 411 g/mol. The van der Waals surface area contributed by atoms with Crippen molar-refractivity contribution >= 4 is 37.5 Å². The summed E-state index contributed by atoms with van der Waals surface area (Å²) in [6, 6.07) is 12.2. The lowest BCUT2D eigenvalue weighted by Gasteiger charge is -2.06. The van der Waals surface area contributed by atoms with Gasteiger partial charge in [-0.3, -0.25) is 4.68 Å². The highest BCUT2D eigenvalue weighted by Crippen LogP contribution is 2.27. The predicted octanol–water partition coefficient (Wildman–Crippen LogP) is 4.66. The van der Waals surface area contributed by atoms with E-state index < -0.39 is 0 Å². The van der Waals surface area contributed by atoms with Crippen molar-refractivity contribution in [1.82, 2.24) is 9.78 Å². The Morgan fingerprint density at radius 1 is 1.19 bits per heavy atom. The molecule has 2 aromatic heterocycles. The maximum atomic E-state index is 5.53. The zero-order valence-electron chi connectivity index (χ0n) is 11.1. The van der Waals surface area contributed by atoms with Crippen molar-refractivity contribution in [2.45, 2.75) is 13.1 Å². The Morgan fingerprint density at radius 3 is 2.62 bits per heavy atom. The number of halogens is 2. The summed E-state index contributed by atoms with van der Waals surface area (Å²) in [4.78, 5) is 0. The summed E-state index contributed by atoms with van der Waals surface area (Å²) < 4.78 is 9.07. The van der Waals surface area contributed by atoms with Crippen LogP contribution < -0.4 is 5.32 Å². The van der Waals surface area contributed by atoms with Gasteiger partial charge in [-0.2, -0.15) is 5.10 Å². The Hall–Kier alpha value is -1.53. The molecular formula is C15H13Br2N3O. The summed E-state index contributed by atoms with van der Waals surface area (Å²) in [7, 11) is 0. The molecule has 21 heavy (non-hydrogen) atoms. The number of nitrogens with one attached hydrogen (secondary N) is 1. The first-order valence-electron chi connectivity index (χ1n) is 6.44. The molecule has 2 heterocycles. The number of anilines is 1. The average Bonchev–Trinajstić information content (AvgIpc) is 3.09. The maximum Gasteiger partial charge on any atom is 0.183 e. The van der Waals surface area contributed by atoms with Crippen LogP contribution in [0.1, 0.15) is 11.3 Å². The van der Waals surface area contributed by atoms with E-state index in [1.54, 1.807) is 6.20 Å². The summed E-state index contributed by atoms with van der Waals surface area (Å²) in [5.41, 5.74) is 2.27. The fourth-order valence-corrected chi connectivity index (χ4v) is 2.64. The quantitative estimate of drug-likeness (QED) is 0.664. The molecule has 3 rings (SSSR count). The van der Waals surface area contributed by atoms with Crippen LogP contribution >= 0.6 is 31.9 Å². The monoisotopic (exact) mass is 409 g/mol. The molecule has 3 aromatic rings. The fraction of sp³-hybridized carbons (Fsp3) is 0.133. The van der Waals surface area contributed by atoms with Crippen LogP contribution in [-0.2, 0) is 13.1 Å². The van der Waals surface area contributed by atoms with Gasteiger partial charge >= 0.3 is 0 Å². The largest absolute Gasteiger partial charge is 0.451 e. The molecule has 1 N–H and O–H groups in total. The number of aromatic nitrogens is 2. The number of nitrogens with zero attached hydrogens (tertiary/aromatic N) is 2. The predicted molar refractivity (Wildman–Crippen MR) is 89.2 cm³/mol. The van der Waals surface area contributed by atoms with Gasteiger partial charge in [0.05, 0.1) is 17.6 Å². The van der Waals surface area contributed by atoms with Crippen molar-refractivity contribution in [3.8, 4) is 0 Å². The number of rotatable bonds is 5. The number of hydrogen-bond acceptors (Lipinski definition) is 3. The molecule has 0 saturated heterocycles. The van der Waals surface area contributed by atoms with Crippen LogP contribution in [0.5, 0.6) is 0 Å². The van der Waals surface area contributed by atoms with Crippen molar-refractivity contribution in [2.75, 3.05) is 5.32 Å². The van der Waals surface area contributed by atoms with Gasteiger partial charge in [0.15, 0.2) is 4.67 Å². The van der Waals surface area contributed by atoms with Gasteiger partial charge in [0, 0.05) is 18.1 Å². The van der Waals surface area contributed by atoms with E-state index in [-0.39, 0.29) is 0 Å². The van der Waals surface area contributed by atoms with Gasteiger partial charge < -0.3 is 9.73 Å². The Kier molecular flexibility index (Phi) is 4.45. The Labute approximate surface area is 139 Å².